The number of aromatic nitrogens is 2. The van der Waals surface area contributed by atoms with E-state index in [1.807, 2.05) is 18.2 Å². The molecule has 1 atom stereocenters. The summed E-state index contributed by atoms with van der Waals surface area (Å²) in [5.74, 6) is 1.71. The molecule has 0 spiro atoms. The summed E-state index contributed by atoms with van der Waals surface area (Å²) >= 11 is 0. The lowest BCUT2D eigenvalue weighted by atomic mass is 10.0. The average molecular weight is 747 g/mol. The van der Waals surface area contributed by atoms with E-state index in [-0.39, 0.29) is 6.17 Å². The van der Waals surface area contributed by atoms with Crippen LogP contribution < -0.4 is 5.32 Å². The monoisotopic (exact) mass is 746 g/mol. The van der Waals surface area contributed by atoms with Gasteiger partial charge < -0.3 is 18.9 Å². The zero-order valence-electron chi connectivity index (χ0n) is 31.7. The lowest BCUT2D eigenvalue weighted by Crippen LogP contribution is -2.42. The fourth-order valence-corrected chi connectivity index (χ4v) is 9.21. The van der Waals surface area contributed by atoms with Gasteiger partial charge in [-0.2, -0.15) is 0 Å². The van der Waals surface area contributed by atoms with Crippen molar-refractivity contribution < 1.29 is 8.99 Å². The zero-order valence-corrected chi connectivity index (χ0v) is 31.7. The molecule has 12 rings (SSSR count). The van der Waals surface area contributed by atoms with Crippen LogP contribution in [0.25, 0.3) is 76.9 Å². The summed E-state index contributed by atoms with van der Waals surface area (Å²) in [6.07, 6.45) is -0.189. The summed E-state index contributed by atoms with van der Waals surface area (Å²) in [5, 5.41) is 10.9. The minimum atomic E-state index is -0.189. The highest BCUT2D eigenvalue weighted by molar-refractivity contribution is 6.26. The molecule has 274 valence electrons. The van der Waals surface area contributed by atoms with E-state index in [0.29, 0.717) is 0 Å². The quantitative estimate of drug-likeness (QED) is 0.178. The van der Waals surface area contributed by atoms with E-state index < -0.39 is 0 Å². The smallest absolute Gasteiger partial charge is 0.330 e. The highest BCUT2D eigenvalue weighted by atomic mass is 16.3. The number of fused-ring (bicyclic) bond motifs is 10. The molecule has 6 nitrogen and oxygen atoms in total. The highest BCUT2D eigenvalue weighted by Crippen LogP contribution is 2.42. The largest absolute Gasteiger partial charge is 0.456 e. The van der Waals surface area contributed by atoms with Gasteiger partial charge in [-0.1, -0.05) is 103 Å². The molecule has 1 aliphatic rings. The van der Waals surface area contributed by atoms with Crippen LogP contribution in [0.4, 0.5) is 0 Å². The van der Waals surface area contributed by atoms with Gasteiger partial charge in [0.2, 0.25) is 0 Å². The number of hydrogen-bond acceptors (Lipinski definition) is 3. The van der Waals surface area contributed by atoms with Gasteiger partial charge >= 0.3 is 5.84 Å². The van der Waals surface area contributed by atoms with Gasteiger partial charge in [-0.15, -0.1) is 0 Å². The van der Waals surface area contributed by atoms with E-state index in [1.54, 1.807) is 0 Å². The van der Waals surface area contributed by atoms with Gasteiger partial charge in [0, 0.05) is 54.8 Å². The van der Waals surface area contributed by atoms with Crippen LogP contribution in [0.1, 0.15) is 22.9 Å². The van der Waals surface area contributed by atoms with Crippen LogP contribution in [0, 0.1) is 0 Å². The molecule has 0 bridgehead atoms. The summed E-state index contributed by atoms with van der Waals surface area (Å²) < 4.78 is 13.3. The van der Waals surface area contributed by atoms with Crippen LogP contribution >= 0.6 is 0 Å². The van der Waals surface area contributed by atoms with Crippen LogP contribution in [-0.4, -0.2) is 32.4 Å². The van der Waals surface area contributed by atoms with Crippen LogP contribution in [-0.2, 0) is 0 Å². The third-order valence-electron chi connectivity index (χ3n) is 11.8. The maximum absolute atomic E-state index is 6.21. The number of aliphatic imine (C=N–C) groups is 1. The molecule has 1 aliphatic heterocycles. The second kappa shape index (κ2) is 12.7. The summed E-state index contributed by atoms with van der Waals surface area (Å²) in [7, 11) is 2.13. The maximum Gasteiger partial charge on any atom is 0.330 e. The first-order valence-corrected chi connectivity index (χ1v) is 19.7. The molecule has 0 fully saturated rings. The molecule has 0 saturated heterocycles. The predicted molar refractivity (Wildman–Crippen MR) is 238 cm³/mol. The van der Waals surface area contributed by atoms with E-state index in [0.717, 1.165) is 72.7 Å². The van der Waals surface area contributed by atoms with Crippen molar-refractivity contribution in [1.29, 1.82) is 0 Å². The normalized spacial score (nSPS) is 14.6. The molecule has 3 aromatic heterocycles. The molecule has 6 heteroatoms. The third kappa shape index (κ3) is 4.85. The number of para-hydroxylation sites is 4. The summed E-state index contributed by atoms with van der Waals surface area (Å²) in [5.41, 5.74) is 11.9. The van der Waals surface area contributed by atoms with E-state index in [9.17, 15) is 0 Å². The third-order valence-corrected chi connectivity index (χ3v) is 11.8. The second-order valence-electron chi connectivity index (χ2n) is 15.1. The molecule has 4 heterocycles. The average Bonchev–Trinajstić information content (AvgIpc) is 3.94. The lowest BCUT2D eigenvalue weighted by Gasteiger charge is -2.24. The Morgan fingerprint density at radius 1 is 0.500 bits per heavy atom. The lowest BCUT2D eigenvalue weighted by molar-refractivity contribution is -0.550. The summed E-state index contributed by atoms with van der Waals surface area (Å²) in [4.78, 5) is 5.36. The Balaban J connectivity index is 1.07. The Kier molecular flexibility index (Phi) is 7.10. The number of hydrogen-bond donors (Lipinski definition) is 1. The molecule has 0 saturated carbocycles. The Morgan fingerprint density at radius 2 is 1.16 bits per heavy atom. The topological polar surface area (TPSA) is 50.4 Å². The first-order valence-electron chi connectivity index (χ1n) is 19.7. The molecule has 0 aliphatic carbocycles. The Morgan fingerprint density at radius 3 is 1.98 bits per heavy atom. The number of rotatable bonds is 5. The van der Waals surface area contributed by atoms with E-state index in [4.69, 9.17) is 9.41 Å². The standard InChI is InChI=1S/C52H35N5O/c1-55-51(53-50(33-15-4-2-5-16-33)54-52(55)35-27-30-47-42(32-35)39-22-10-13-26-46(39)58-47)34-17-14-20-37(31-34)56-44-25-12-9-23-41(44)48-45(56)29-28-40-38-21-8-11-24-43(38)57(49(40)48)36-18-6-3-7-19-36/h2-32,52H,1H3/p+1. The molecule has 1 N–H and O–H groups in total. The molecule has 0 amide bonds. The van der Waals surface area contributed by atoms with Gasteiger partial charge in [0.25, 0.3) is 5.84 Å². The van der Waals surface area contributed by atoms with Gasteiger partial charge in [0.05, 0.1) is 34.7 Å². The van der Waals surface area contributed by atoms with Crippen molar-refractivity contribution in [2.24, 2.45) is 4.99 Å². The van der Waals surface area contributed by atoms with Gasteiger partial charge in [-0.05, 0) is 89.9 Å². The molecule has 58 heavy (non-hydrogen) atoms. The maximum atomic E-state index is 6.21. The van der Waals surface area contributed by atoms with E-state index in [1.165, 1.54) is 32.6 Å². The van der Waals surface area contributed by atoms with Crippen molar-refractivity contribution in [3.8, 4) is 11.4 Å². The van der Waals surface area contributed by atoms with Crippen molar-refractivity contribution in [2.45, 2.75) is 6.17 Å². The molecular formula is C52H36N5O+. The Labute approximate surface area is 333 Å². The molecule has 0 radical (unpaired) electrons. The molecule has 11 aromatic rings. The van der Waals surface area contributed by atoms with Gasteiger partial charge in [0.1, 0.15) is 11.2 Å². The van der Waals surface area contributed by atoms with Gasteiger partial charge in [0.15, 0.2) is 6.17 Å². The SMILES string of the molecule is C[N+]1=C(c2cccc(-n3c4ccccc4c4c3ccc3c5ccccc5n(-c5ccccc5)c34)c2)N=C(c2ccccc2)NC1c1ccc2oc3ccccc3c2c1. The minimum Gasteiger partial charge on any atom is -0.456 e. The van der Waals surface area contributed by atoms with Crippen molar-refractivity contribution in [3.05, 3.63) is 205 Å². The van der Waals surface area contributed by atoms with Gasteiger partial charge in [-0.25, -0.2) is 4.58 Å². The van der Waals surface area contributed by atoms with E-state index >= 15 is 0 Å². The fraction of sp³-hybridized carbons (Fsp3) is 0.0385. The zero-order chi connectivity index (χ0) is 38.3. The first-order chi connectivity index (χ1) is 28.7. The van der Waals surface area contributed by atoms with Crippen molar-refractivity contribution in [1.82, 2.24) is 14.5 Å². The fourth-order valence-electron chi connectivity index (χ4n) is 9.21. The predicted octanol–water partition coefficient (Wildman–Crippen LogP) is 11.9. The second-order valence-corrected chi connectivity index (χ2v) is 15.1. The number of furan rings is 1. The molecule has 1 unspecified atom stereocenters. The van der Waals surface area contributed by atoms with Crippen LogP contribution in [0.2, 0.25) is 0 Å². The van der Waals surface area contributed by atoms with Gasteiger partial charge in [-0.3, -0.25) is 0 Å². The number of nitrogens with zero attached hydrogens (tertiary/aromatic N) is 4. The summed E-state index contributed by atoms with van der Waals surface area (Å²) in [6, 6.07) is 66.8. The van der Waals surface area contributed by atoms with Crippen molar-refractivity contribution in [3.63, 3.8) is 0 Å². The molecule has 8 aromatic carbocycles. The van der Waals surface area contributed by atoms with E-state index in [2.05, 4.69) is 196 Å². The minimum absolute atomic E-state index is 0.189. The van der Waals surface area contributed by atoms with Crippen molar-refractivity contribution >= 4 is 77.2 Å². The highest BCUT2D eigenvalue weighted by Gasteiger charge is 2.33. The Bertz CT molecular complexity index is 3500. The number of nitrogens with one attached hydrogen (secondary N) is 1. The van der Waals surface area contributed by atoms with Crippen molar-refractivity contribution in [2.75, 3.05) is 7.05 Å². The number of amidine groups is 2. The van der Waals surface area contributed by atoms with Crippen LogP contribution in [0.15, 0.2) is 197 Å². The van der Waals surface area contributed by atoms with Crippen LogP contribution in [0.5, 0.6) is 0 Å². The first kappa shape index (κ1) is 32.5. The Hall–Kier alpha value is -7.70. The van der Waals surface area contributed by atoms with Crippen LogP contribution in [0.3, 0.4) is 0 Å². The summed E-state index contributed by atoms with van der Waals surface area (Å²) in [6.45, 7) is 0. The number of benzene rings is 8. The molecular weight excluding hydrogens is 711 g/mol.